The lowest BCUT2D eigenvalue weighted by Crippen LogP contribution is -2.18. The molecule has 0 spiro atoms. The number of halogens is 3. The van der Waals surface area contributed by atoms with Crippen molar-refractivity contribution >= 4 is 39.2 Å². The summed E-state index contributed by atoms with van der Waals surface area (Å²) in [6, 6.07) is -1.63. The molecular formula is C8H17Cl3Si. The molecule has 0 aliphatic heterocycles. The van der Waals surface area contributed by atoms with Crippen molar-refractivity contribution in [3.05, 3.63) is 0 Å². The van der Waals surface area contributed by atoms with Gasteiger partial charge in [0, 0.05) is 0 Å². The number of rotatable bonds is 3. The minimum absolute atomic E-state index is 0.337. The molecule has 0 saturated heterocycles. The van der Waals surface area contributed by atoms with Crippen LogP contribution in [0.3, 0.4) is 0 Å². The van der Waals surface area contributed by atoms with E-state index in [-0.39, 0.29) is 0 Å². The van der Waals surface area contributed by atoms with Gasteiger partial charge in [0.25, 0.3) is 0 Å². The Morgan fingerprint density at radius 3 is 1.83 bits per heavy atom. The highest BCUT2D eigenvalue weighted by molar-refractivity contribution is 7.64. The van der Waals surface area contributed by atoms with Gasteiger partial charge in [0.15, 0.2) is 0 Å². The van der Waals surface area contributed by atoms with Crippen LogP contribution in [0, 0.1) is 11.3 Å². The SMILES string of the molecule is C[C@H](CC(C)(C)C)C[Si](Cl)(Cl)Cl. The van der Waals surface area contributed by atoms with Gasteiger partial charge in [0.05, 0.1) is 0 Å². The highest BCUT2D eigenvalue weighted by Crippen LogP contribution is 2.34. The maximum absolute atomic E-state index is 5.83. The Hall–Kier alpha value is 1.09. The lowest BCUT2D eigenvalue weighted by atomic mass is 9.86. The summed E-state index contributed by atoms with van der Waals surface area (Å²) in [6.07, 6.45) is 1.12. The highest BCUT2D eigenvalue weighted by Gasteiger charge is 2.29. The molecule has 0 aromatic heterocycles. The molecule has 0 bridgehead atoms. The molecule has 0 N–H and O–H groups in total. The van der Waals surface area contributed by atoms with Gasteiger partial charge in [-0.05, 0) is 23.8 Å². The van der Waals surface area contributed by atoms with Gasteiger partial charge in [-0.15, -0.1) is 33.2 Å². The van der Waals surface area contributed by atoms with Crippen molar-refractivity contribution in [2.24, 2.45) is 11.3 Å². The Morgan fingerprint density at radius 2 is 1.58 bits per heavy atom. The first kappa shape index (κ1) is 13.1. The van der Waals surface area contributed by atoms with E-state index in [1.54, 1.807) is 0 Å². The first-order valence-electron chi connectivity index (χ1n) is 4.17. The van der Waals surface area contributed by atoms with E-state index in [4.69, 9.17) is 33.2 Å². The van der Waals surface area contributed by atoms with Crippen LogP contribution in [0.1, 0.15) is 34.1 Å². The predicted octanol–water partition coefficient (Wildman–Crippen LogP) is 4.71. The van der Waals surface area contributed by atoms with Crippen LogP contribution in [0.4, 0.5) is 0 Å². The second-order valence-corrected chi connectivity index (χ2v) is 13.9. The molecule has 4 heteroatoms. The molecule has 0 saturated carbocycles. The smallest absolute Gasteiger partial charge is 0.126 e. The minimum Gasteiger partial charge on any atom is -0.126 e. The number of hydrogen-bond acceptors (Lipinski definition) is 0. The topological polar surface area (TPSA) is 0 Å². The van der Waals surface area contributed by atoms with Crippen LogP contribution in [-0.2, 0) is 0 Å². The predicted molar refractivity (Wildman–Crippen MR) is 61.4 cm³/mol. The molecule has 0 amide bonds. The van der Waals surface area contributed by atoms with Gasteiger partial charge in [0.1, 0.15) is 0 Å². The van der Waals surface area contributed by atoms with E-state index < -0.39 is 6.00 Å². The first-order chi connectivity index (χ1) is 5.10. The average molecular weight is 248 g/mol. The summed E-state index contributed by atoms with van der Waals surface area (Å²) in [6.45, 7) is 8.79. The van der Waals surface area contributed by atoms with Gasteiger partial charge in [-0.25, -0.2) is 0 Å². The van der Waals surface area contributed by atoms with Crippen molar-refractivity contribution in [1.82, 2.24) is 0 Å². The van der Waals surface area contributed by atoms with Crippen LogP contribution in [0.15, 0.2) is 0 Å². The van der Waals surface area contributed by atoms with Crippen LogP contribution in [0.25, 0.3) is 0 Å². The molecule has 0 rings (SSSR count). The normalized spacial score (nSPS) is 16.2. The standard InChI is InChI=1S/C8H17Cl3Si/c1-7(5-8(2,3)4)6-12(9,10)11/h7H,5-6H2,1-4H3/t7-/m1/s1. The van der Waals surface area contributed by atoms with Gasteiger partial charge in [-0.1, -0.05) is 27.7 Å². The van der Waals surface area contributed by atoms with Gasteiger partial charge < -0.3 is 0 Å². The van der Waals surface area contributed by atoms with Gasteiger partial charge in [0.2, 0.25) is 0 Å². The van der Waals surface area contributed by atoms with Gasteiger partial charge >= 0.3 is 6.00 Å². The van der Waals surface area contributed by atoms with E-state index in [2.05, 4.69) is 27.7 Å². The molecular weight excluding hydrogens is 231 g/mol. The summed E-state index contributed by atoms with van der Waals surface area (Å²) in [5, 5.41) is 0. The largest absolute Gasteiger partial charge is 0.341 e. The van der Waals surface area contributed by atoms with E-state index in [1.807, 2.05) is 0 Å². The molecule has 0 aromatic carbocycles. The van der Waals surface area contributed by atoms with Gasteiger partial charge in [-0.2, -0.15) is 0 Å². The molecule has 0 unspecified atom stereocenters. The zero-order chi connectivity index (χ0) is 9.99. The van der Waals surface area contributed by atoms with Gasteiger partial charge in [-0.3, -0.25) is 0 Å². The molecule has 12 heavy (non-hydrogen) atoms. The van der Waals surface area contributed by atoms with E-state index >= 15 is 0 Å². The summed E-state index contributed by atoms with van der Waals surface area (Å²) in [7, 11) is 0. The molecule has 0 aliphatic carbocycles. The van der Waals surface area contributed by atoms with Crippen molar-refractivity contribution < 1.29 is 0 Å². The van der Waals surface area contributed by atoms with Crippen LogP contribution in [-0.4, -0.2) is 6.00 Å². The van der Waals surface area contributed by atoms with Crippen molar-refractivity contribution in [2.75, 3.05) is 0 Å². The zero-order valence-corrected chi connectivity index (χ0v) is 11.4. The summed E-state index contributed by atoms with van der Waals surface area (Å²) in [5.41, 5.74) is 0.337. The third-order valence-corrected chi connectivity index (χ3v) is 4.09. The summed E-state index contributed by atoms with van der Waals surface area (Å²) in [5.74, 6) is 0.518. The van der Waals surface area contributed by atoms with E-state index in [1.165, 1.54) is 0 Å². The Bertz CT molecular complexity index is 118. The Morgan fingerprint density at radius 1 is 1.17 bits per heavy atom. The Balaban J connectivity index is 3.83. The molecule has 0 radical (unpaired) electrons. The fourth-order valence-corrected chi connectivity index (χ4v) is 4.82. The van der Waals surface area contributed by atoms with E-state index in [0.29, 0.717) is 11.3 Å². The van der Waals surface area contributed by atoms with Crippen molar-refractivity contribution in [1.29, 1.82) is 0 Å². The molecule has 0 aliphatic rings. The average Bonchev–Trinajstić information content (AvgIpc) is 1.49. The van der Waals surface area contributed by atoms with E-state index in [9.17, 15) is 0 Å². The summed E-state index contributed by atoms with van der Waals surface area (Å²) < 4.78 is 0. The van der Waals surface area contributed by atoms with Crippen LogP contribution < -0.4 is 0 Å². The molecule has 0 heterocycles. The quantitative estimate of drug-likeness (QED) is 0.500. The van der Waals surface area contributed by atoms with Crippen molar-refractivity contribution in [3.63, 3.8) is 0 Å². The van der Waals surface area contributed by atoms with Crippen LogP contribution in [0.2, 0.25) is 6.04 Å². The molecule has 0 fully saturated rings. The zero-order valence-electron chi connectivity index (χ0n) is 8.13. The molecule has 0 nitrogen and oxygen atoms in total. The second kappa shape index (κ2) is 4.54. The van der Waals surface area contributed by atoms with Crippen LogP contribution in [0.5, 0.6) is 0 Å². The van der Waals surface area contributed by atoms with Crippen molar-refractivity contribution in [2.45, 2.75) is 40.2 Å². The highest BCUT2D eigenvalue weighted by atomic mass is 35.8. The molecule has 74 valence electrons. The molecule has 0 aromatic rings. The summed E-state index contributed by atoms with van der Waals surface area (Å²) >= 11 is 17.5. The lowest BCUT2D eigenvalue weighted by molar-refractivity contribution is 0.320. The monoisotopic (exact) mass is 246 g/mol. The third-order valence-electron chi connectivity index (χ3n) is 1.54. The Labute approximate surface area is 90.7 Å². The number of hydrogen-bond donors (Lipinski definition) is 0. The van der Waals surface area contributed by atoms with Crippen molar-refractivity contribution in [3.8, 4) is 0 Å². The van der Waals surface area contributed by atoms with Crippen LogP contribution >= 0.6 is 33.2 Å². The molecule has 1 atom stereocenters. The first-order valence-corrected chi connectivity index (χ1v) is 9.41. The third kappa shape index (κ3) is 9.18. The lowest BCUT2D eigenvalue weighted by Gasteiger charge is -2.24. The fraction of sp³-hybridized carbons (Fsp3) is 1.00. The van der Waals surface area contributed by atoms with E-state index in [0.717, 1.165) is 12.5 Å². The maximum Gasteiger partial charge on any atom is 0.341 e. The Kier molecular flexibility index (Phi) is 4.95. The summed E-state index contributed by atoms with van der Waals surface area (Å²) in [4.78, 5) is 0. The maximum atomic E-state index is 5.83. The minimum atomic E-state index is -2.40. The fourth-order valence-electron chi connectivity index (χ4n) is 1.51. The second-order valence-electron chi connectivity index (χ2n) is 4.69.